The van der Waals surface area contributed by atoms with E-state index in [-0.39, 0.29) is 35.0 Å². The van der Waals surface area contributed by atoms with Crippen LogP contribution in [-0.4, -0.2) is 48.7 Å². The van der Waals surface area contributed by atoms with E-state index in [0.717, 1.165) is 10.1 Å². The van der Waals surface area contributed by atoms with Gasteiger partial charge in [-0.1, -0.05) is 32.9 Å². The van der Waals surface area contributed by atoms with Gasteiger partial charge in [-0.25, -0.2) is 13.2 Å². The molecule has 1 unspecified atom stereocenters. The molecule has 0 saturated heterocycles. The lowest BCUT2D eigenvalue weighted by Crippen LogP contribution is -2.37. The molecule has 0 radical (unpaired) electrons. The van der Waals surface area contributed by atoms with Crippen LogP contribution in [0.2, 0.25) is 0 Å². The maximum absolute atomic E-state index is 13.1. The quantitative estimate of drug-likeness (QED) is 0.123. The van der Waals surface area contributed by atoms with Crippen molar-refractivity contribution in [2.75, 3.05) is 11.3 Å². The SMILES string of the molecule is Cc1ccc(NS(=O)(=O)c2ccc(C(C)(C)C)cc2)c(=O)n1C(CCON=C(N)N)C(N)=O.O=C(O)C(F)(F)F. The number of nitrogens with zero attached hydrogens (tertiary/aromatic N) is 2. The molecule has 1 heterocycles. The number of aryl methyl sites for hydroxylation is 1. The number of amides is 1. The Bertz CT molecular complexity index is 1400. The number of benzene rings is 1. The summed E-state index contributed by atoms with van der Waals surface area (Å²) >= 11 is 0. The fraction of sp³-hybridized carbons (Fsp3) is 0.391. The average molecular weight is 593 g/mol. The molecule has 0 aliphatic rings. The van der Waals surface area contributed by atoms with Crippen LogP contribution in [-0.2, 0) is 29.9 Å². The van der Waals surface area contributed by atoms with Crippen molar-refractivity contribution in [1.29, 1.82) is 0 Å². The molecular weight excluding hydrogens is 561 g/mol. The number of carboxylic acids is 1. The summed E-state index contributed by atoms with van der Waals surface area (Å²) in [6, 6.07) is 8.13. The molecule has 2 aromatic rings. The third kappa shape index (κ3) is 9.79. The van der Waals surface area contributed by atoms with E-state index in [4.69, 9.17) is 31.9 Å². The van der Waals surface area contributed by atoms with Crippen LogP contribution in [0, 0.1) is 6.92 Å². The third-order valence-corrected chi connectivity index (χ3v) is 6.51. The second-order valence-electron chi connectivity index (χ2n) is 9.30. The normalized spacial score (nSPS) is 12.4. The van der Waals surface area contributed by atoms with Gasteiger partial charge in [-0.05, 0) is 47.3 Å². The van der Waals surface area contributed by atoms with E-state index < -0.39 is 39.7 Å². The molecule has 0 aliphatic carbocycles. The zero-order chi connectivity index (χ0) is 31.1. The minimum atomic E-state index is -5.08. The summed E-state index contributed by atoms with van der Waals surface area (Å²) < 4.78 is 60.9. The Morgan fingerprint density at radius 2 is 1.60 bits per heavy atom. The minimum absolute atomic E-state index is 0.000823. The number of sulfonamides is 1. The lowest BCUT2D eigenvalue weighted by molar-refractivity contribution is -0.192. The van der Waals surface area contributed by atoms with Gasteiger partial charge < -0.3 is 27.1 Å². The monoisotopic (exact) mass is 592 g/mol. The Kier molecular flexibility index (Phi) is 11.1. The highest BCUT2D eigenvalue weighted by Gasteiger charge is 2.38. The van der Waals surface area contributed by atoms with Gasteiger partial charge >= 0.3 is 12.1 Å². The number of rotatable bonds is 9. The summed E-state index contributed by atoms with van der Waals surface area (Å²) in [6.07, 6.45) is -5.10. The van der Waals surface area contributed by atoms with Crippen molar-refractivity contribution in [3.63, 3.8) is 0 Å². The maximum Gasteiger partial charge on any atom is 0.490 e. The van der Waals surface area contributed by atoms with Gasteiger partial charge in [0.15, 0.2) is 0 Å². The fourth-order valence-electron chi connectivity index (χ4n) is 3.13. The number of halogens is 3. The van der Waals surface area contributed by atoms with E-state index in [1.54, 1.807) is 19.1 Å². The van der Waals surface area contributed by atoms with Crippen molar-refractivity contribution in [3.05, 3.63) is 58.0 Å². The van der Waals surface area contributed by atoms with Crippen LogP contribution in [0.3, 0.4) is 0 Å². The number of nitrogens with one attached hydrogen (secondary N) is 1. The zero-order valence-electron chi connectivity index (χ0n) is 22.0. The Morgan fingerprint density at radius 3 is 2.02 bits per heavy atom. The van der Waals surface area contributed by atoms with E-state index in [0.29, 0.717) is 5.69 Å². The van der Waals surface area contributed by atoms with Gasteiger partial charge in [-0.2, -0.15) is 13.2 Å². The Balaban J connectivity index is 0.00000101. The lowest BCUT2D eigenvalue weighted by Gasteiger charge is -2.21. The first-order valence-corrected chi connectivity index (χ1v) is 12.8. The van der Waals surface area contributed by atoms with E-state index in [2.05, 4.69) is 9.88 Å². The highest BCUT2D eigenvalue weighted by atomic mass is 32.2. The third-order valence-electron chi connectivity index (χ3n) is 5.13. The molecule has 8 N–H and O–H groups in total. The van der Waals surface area contributed by atoms with E-state index in [9.17, 15) is 31.2 Å². The van der Waals surface area contributed by atoms with Gasteiger partial charge in [-0.3, -0.25) is 18.9 Å². The number of guanidine groups is 1. The zero-order valence-corrected chi connectivity index (χ0v) is 22.8. The molecule has 0 bridgehead atoms. The number of primary amides is 1. The molecule has 0 fully saturated rings. The average Bonchev–Trinajstić information content (AvgIpc) is 2.81. The number of aliphatic carboxylic acids is 1. The molecule has 1 aromatic carbocycles. The van der Waals surface area contributed by atoms with Crippen LogP contribution in [0.25, 0.3) is 0 Å². The van der Waals surface area contributed by atoms with Gasteiger partial charge in [-0.15, -0.1) is 0 Å². The van der Waals surface area contributed by atoms with Crippen molar-refractivity contribution in [3.8, 4) is 0 Å². The number of anilines is 1. The highest BCUT2D eigenvalue weighted by Crippen LogP contribution is 2.24. The predicted octanol–water partition coefficient (Wildman–Crippen LogP) is 1.51. The standard InChI is InChI=1S/C21H30N6O5S.C2HF3O2/c1-13-5-10-16(19(29)27(13)17(18(22)28)11-12-32-25-20(23)24)26-33(30,31)15-8-6-14(7-9-15)21(2,3)4;3-2(4,5)1(6)7/h5-10,17,26H,11-12H2,1-4H3,(H2,22,28)(H4,23,24,25);(H,6,7). The summed E-state index contributed by atoms with van der Waals surface area (Å²) in [5.41, 5.74) is 16.1. The van der Waals surface area contributed by atoms with Crippen molar-refractivity contribution < 1.29 is 41.1 Å². The number of oxime groups is 1. The Morgan fingerprint density at radius 1 is 1.07 bits per heavy atom. The predicted molar refractivity (Wildman–Crippen MR) is 140 cm³/mol. The molecule has 17 heteroatoms. The van der Waals surface area contributed by atoms with Crippen molar-refractivity contribution in [1.82, 2.24) is 4.57 Å². The largest absolute Gasteiger partial charge is 0.490 e. The van der Waals surface area contributed by atoms with E-state index in [1.165, 1.54) is 24.3 Å². The van der Waals surface area contributed by atoms with Crippen LogP contribution in [0.5, 0.6) is 0 Å². The number of carbonyl (C=O) groups is 2. The topological polar surface area (TPSA) is 222 Å². The fourth-order valence-corrected chi connectivity index (χ4v) is 4.19. The second-order valence-corrected chi connectivity index (χ2v) is 11.0. The highest BCUT2D eigenvalue weighted by molar-refractivity contribution is 7.92. The van der Waals surface area contributed by atoms with Gasteiger partial charge in [0.1, 0.15) is 18.3 Å². The van der Waals surface area contributed by atoms with E-state index >= 15 is 0 Å². The number of hydrogen-bond donors (Lipinski definition) is 5. The molecule has 2 rings (SSSR count). The molecule has 1 aromatic heterocycles. The van der Waals surface area contributed by atoms with Crippen molar-refractivity contribution in [2.45, 2.75) is 56.6 Å². The van der Waals surface area contributed by atoms with Gasteiger partial charge in [0, 0.05) is 12.1 Å². The molecular formula is C23H31F3N6O7S. The summed E-state index contributed by atoms with van der Waals surface area (Å²) in [5, 5.41) is 10.5. The number of carboxylic acid groups (broad SMARTS) is 1. The minimum Gasteiger partial charge on any atom is -0.475 e. The summed E-state index contributed by atoms with van der Waals surface area (Å²) in [6.45, 7) is 7.54. The van der Waals surface area contributed by atoms with Crippen LogP contribution in [0.15, 0.2) is 51.2 Å². The number of hydrogen-bond acceptors (Lipinski definition) is 7. The molecule has 40 heavy (non-hydrogen) atoms. The first kappa shape index (κ1) is 33.7. The van der Waals surface area contributed by atoms with Gasteiger partial charge in [0.25, 0.3) is 15.6 Å². The number of pyridine rings is 1. The molecule has 0 saturated carbocycles. The van der Waals surface area contributed by atoms with Crippen LogP contribution in [0.1, 0.15) is 44.5 Å². The van der Waals surface area contributed by atoms with Crippen LogP contribution < -0.4 is 27.5 Å². The number of alkyl halides is 3. The van der Waals surface area contributed by atoms with Gasteiger partial charge in [0.2, 0.25) is 11.9 Å². The number of aromatic nitrogens is 1. The maximum atomic E-state index is 13.1. The number of carbonyl (C=O) groups excluding carboxylic acids is 1. The first-order valence-electron chi connectivity index (χ1n) is 11.3. The number of nitrogens with two attached hydrogens (primary N) is 3. The van der Waals surface area contributed by atoms with Crippen molar-refractivity contribution in [2.24, 2.45) is 22.4 Å². The van der Waals surface area contributed by atoms with Crippen LogP contribution >= 0.6 is 0 Å². The summed E-state index contributed by atoms with van der Waals surface area (Å²) in [4.78, 5) is 38.9. The molecule has 1 amide bonds. The summed E-state index contributed by atoms with van der Waals surface area (Å²) in [5.74, 6) is -3.86. The molecule has 13 nitrogen and oxygen atoms in total. The van der Waals surface area contributed by atoms with Crippen molar-refractivity contribution >= 4 is 33.5 Å². The summed E-state index contributed by atoms with van der Waals surface area (Å²) in [7, 11) is -4.05. The van der Waals surface area contributed by atoms with E-state index in [1.807, 2.05) is 20.8 Å². The van der Waals surface area contributed by atoms with Gasteiger partial charge in [0.05, 0.1) is 4.90 Å². The molecule has 0 aliphatic heterocycles. The first-order chi connectivity index (χ1) is 18.2. The second kappa shape index (κ2) is 13.2. The lowest BCUT2D eigenvalue weighted by atomic mass is 9.87. The molecule has 222 valence electrons. The molecule has 0 spiro atoms. The Labute approximate surface area is 227 Å². The molecule has 1 atom stereocenters. The Hall–Kier alpha value is -4.28. The smallest absolute Gasteiger partial charge is 0.475 e. The van der Waals surface area contributed by atoms with Crippen LogP contribution in [0.4, 0.5) is 18.9 Å².